The Labute approximate surface area is 119 Å². The van der Waals surface area contributed by atoms with Crippen molar-refractivity contribution in [3.05, 3.63) is 0 Å². The summed E-state index contributed by atoms with van der Waals surface area (Å²) in [5.41, 5.74) is -0.844. The molecule has 0 unspecified atom stereocenters. The number of ether oxygens (including phenoxy) is 1. The van der Waals surface area contributed by atoms with Gasteiger partial charge in [0.1, 0.15) is 0 Å². The molecule has 0 aromatic rings. The summed E-state index contributed by atoms with van der Waals surface area (Å²) in [6.45, 7) is 8.78. The molecule has 4 nitrogen and oxygen atoms in total. The fraction of sp³-hybridized carbons (Fsp3) is 0.917. The van der Waals surface area contributed by atoms with Crippen LogP contribution in [0.5, 0.6) is 0 Å². The van der Waals surface area contributed by atoms with Crippen LogP contribution in [0.25, 0.3) is 0 Å². The van der Waals surface area contributed by atoms with E-state index in [-0.39, 0.29) is 21.7 Å². The predicted molar refractivity (Wildman–Crippen MR) is 61.9 cm³/mol. The summed E-state index contributed by atoms with van der Waals surface area (Å²) in [7, 11) is 0. The SMILES string of the molecule is CCCOOC(=O)C(CC)(CC)OCCC.[Ti]. The maximum absolute atomic E-state index is 11.8. The van der Waals surface area contributed by atoms with Gasteiger partial charge >= 0.3 is 5.97 Å². The third-order valence-electron chi connectivity index (χ3n) is 2.52. The van der Waals surface area contributed by atoms with Crippen molar-refractivity contribution >= 4 is 5.97 Å². The molecular formula is C12H24O4Ti. The maximum atomic E-state index is 11.8. The number of hydrogen-bond acceptors (Lipinski definition) is 4. The van der Waals surface area contributed by atoms with Crippen molar-refractivity contribution in [2.45, 2.75) is 59.0 Å². The first-order valence-corrected chi connectivity index (χ1v) is 6.14. The minimum atomic E-state index is -0.844. The predicted octanol–water partition coefficient (Wildman–Crippen LogP) is 2.85. The van der Waals surface area contributed by atoms with Gasteiger partial charge in [-0.1, -0.05) is 27.7 Å². The standard InChI is InChI=1S/C12H24O4.Ti/c1-5-9-14-12(7-3,8-4)11(13)16-15-10-6-2;/h5-10H2,1-4H3;. The molecular weight excluding hydrogens is 256 g/mol. The second-order valence-electron chi connectivity index (χ2n) is 3.74. The molecule has 0 saturated carbocycles. The third kappa shape index (κ3) is 6.56. The van der Waals surface area contributed by atoms with Gasteiger partial charge < -0.3 is 4.74 Å². The molecule has 0 rings (SSSR count). The van der Waals surface area contributed by atoms with Crippen LogP contribution in [-0.4, -0.2) is 24.8 Å². The average molecular weight is 280 g/mol. The van der Waals surface area contributed by atoms with Gasteiger partial charge in [-0.3, -0.25) is 4.89 Å². The Morgan fingerprint density at radius 3 is 1.94 bits per heavy atom. The van der Waals surface area contributed by atoms with E-state index in [1.165, 1.54) is 0 Å². The van der Waals surface area contributed by atoms with Crippen molar-refractivity contribution in [1.29, 1.82) is 0 Å². The fourth-order valence-electron chi connectivity index (χ4n) is 1.35. The Balaban J connectivity index is 0. The van der Waals surface area contributed by atoms with E-state index in [0.29, 0.717) is 26.1 Å². The van der Waals surface area contributed by atoms with Gasteiger partial charge in [-0.25, -0.2) is 4.79 Å². The van der Waals surface area contributed by atoms with E-state index in [1.807, 2.05) is 27.7 Å². The van der Waals surface area contributed by atoms with Crippen molar-refractivity contribution in [2.75, 3.05) is 13.2 Å². The Morgan fingerprint density at radius 2 is 1.53 bits per heavy atom. The normalized spacial score (nSPS) is 10.8. The fourth-order valence-corrected chi connectivity index (χ4v) is 1.35. The molecule has 0 radical (unpaired) electrons. The minimum absolute atomic E-state index is 0. The van der Waals surface area contributed by atoms with Crippen LogP contribution in [0.15, 0.2) is 0 Å². The molecule has 5 heteroatoms. The van der Waals surface area contributed by atoms with Gasteiger partial charge in [-0.2, -0.15) is 4.89 Å². The molecule has 17 heavy (non-hydrogen) atoms. The monoisotopic (exact) mass is 280 g/mol. The molecule has 0 heterocycles. The Hall–Kier alpha value is 0.104. The maximum Gasteiger partial charge on any atom is 0.373 e. The van der Waals surface area contributed by atoms with Crippen LogP contribution in [0, 0.1) is 0 Å². The number of rotatable bonds is 9. The first-order chi connectivity index (χ1) is 7.66. The zero-order valence-electron chi connectivity index (χ0n) is 11.4. The zero-order chi connectivity index (χ0) is 12.4. The van der Waals surface area contributed by atoms with E-state index < -0.39 is 11.6 Å². The van der Waals surface area contributed by atoms with E-state index >= 15 is 0 Å². The van der Waals surface area contributed by atoms with Crippen LogP contribution in [0.4, 0.5) is 0 Å². The third-order valence-corrected chi connectivity index (χ3v) is 2.52. The van der Waals surface area contributed by atoms with Crippen LogP contribution in [-0.2, 0) is 41.0 Å². The minimum Gasteiger partial charge on any atom is -0.363 e. The van der Waals surface area contributed by atoms with E-state index in [4.69, 9.17) is 14.5 Å². The molecule has 0 aliphatic heterocycles. The summed E-state index contributed by atoms with van der Waals surface area (Å²) in [5, 5.41) is 0. The zero-order valence-corrected chi connectivity index (χ0v) is 12.9. The second kappa shape index (κ2) is 11.2. The summed E-state index contributed by atoms with van der Waals surface area (Å²) in [4.78, 5) is 21.4. The second-order valence-corrected chi connectivity index (χ2v) is 3.74. The first-order valence-electron chi connectivity index (χ1n) is 6.14. The van der Waals surface area contributed by atoms with Crippen LogP contribution < -0.4 is 0 Å². The molecule has 0 atom stereocenters. The Kier molecular flexibility index (Phi) is 12.8. The molecule has 0 aliphatic rings. The number of hydrogen-bond donors (Lipinski definition) is 0. The van der Waals surface area contributed by atoms with Gasteiger partial charge in [-0.05, 0) is 25.7 Å². The van der Waals surface area contributed by atoms with E-state index in [0.717, 1.165) is 12.8 Å². The Morgan fingerprint density at radius 1 is 1.00 bits per heavy atom. The summed E-state index contributed by atoms with van der Waals surface area (Å²) >= 11 is 0. The molecule has 0 bridgehead atoms. The van der Waals surface area contributed by atoms with Crippen molar-refractivity contribution in [2.24, 2.45) is 0 Å². The first kappa shape index (κ1) is 19.4. The molecule has 0 amide bonds. The van der Waals surface area contributed by atoms with E-state index in [2.05, 4.69) is 0 Å². The quantitative estimate of drug-likeness (QED) is 0.282. The topological polar surface area (TPSA) is 44.8 Å². The molecule has 0 N–H and O–H groups in total. The van der Waals surface area contributed by atoms with Crippen molar-refractivity contribution in [3.63, 3.8) is 0 Å². The van der Waals surface area contributed by atoms with Crippen LogP contribution in [0.3, 0.4) is 0 Å². The van der Waals surface area contributed by atoms with Gasteiger partial charge in [0.05, 0.1) is 6.61 Å². The van der Waals surface area contributed by atoms with Crippen molar-refractivity contribution in [1.82, 2.24) is 0 Å². The summed E-state index contributed by atoms with van der Waals surface area (Å²) in [6, 6.07) is 0. The molecule has 0 aromatic carbocycles. The smallest absolute Gasteiger partial charge is 0.363 e. The van der Waals surface area contributed by atoms with Crippen molar-refractivity contribution < 1.29 is 41.0 Å². The Bertz CT molecular complexity index is 193. The molecule has 0 spiro atoms. The molecule has 0 saturated heterocycles. The molecule has 0 fully saturated rings. The van der Waals surface area contributed by atoms with Gasteiger partial charge in [-0.15, -0.1) is 0 Å². The van der Waals surface area contributed by atoms with E-state index in [1.54, 1.807) is 0 Å². The molecule has 0 aliphatic carbocycles. The molecule has 100 valence electrons. The summed E-state index contributed by atoms with van der Waals surface area (Å²) < 4.78 is 5.62. The molecule has 0 aromatic heterocycles. The summed E-state index contributed by atoms with van der Waals surface area (Å²) in [6.07, 6.45) is 2.88. The largest absolute Gasteiger partial charge is 0.373 e. The average Bonchev–Trinajstić information content (AvgIpc) is 2.31. The summed E-state index contributed by atoms with van der Waals surface area (Å²) in [5.74, 6) is -0.417. The van der Waals surface area contributed by atoms with E-state index in [9.17, 15) is 4.79 Å². The van der Waals surface area contributed by atoms with Crippen molar-refractivity contribution in [3.8, 4) is 0 Å². The van der Waals surface area contributed by atoms with Crippen LogP contribution in [0.2, 0.25) is 0 Å². The number of carbonyl (C=O) groups is 1. The van der Waals surface area contributed by atoms with Gasteiger partial charge in [0.25, 0.3) is 0 Å². The van der Waals surface area contributed by atoms with Crippen LogP contribution in [0.1, 0.15) is 53.4 Å². The van der Waals surface area contributed by atoms with Gasteiger partial charge in [0, 0.05) is 28.3 Å². The van der Waals surface area contributed by atoms with Gasteiger partial charge in [0.15, 0.2) is 5.60 Å². The van der Waals surface area contributed by atoms with Gasteiger partial charge in [0.2, 0.25) is 0 Å². The number of carbonyl (C=O) groups excluding carboxylic acids is 1. The van der Waals surface area contributed by atoms with Crippen LogP contribution >= 0.6 is 0 Å².